The van der Waals surface area contributed by atoms with Gasteiger partial charge in [0.1, 0.15) is 11.5 Å². The summed E-state index contributed by atoms with van der Waals surface area (Å²) in [5, 5.41) is 11.1. The molecule has 2 aromatic carbocycles. The number of hydrogen-bond acceptors (Lipinski definition) is 6. The van der Waals surface area contributed by atoms with E-state index in [0.717, 1.165) is 10.5 Å². The molecule has 1 saturated carbocycles. The molecule has 40 heavy (non-hydrogen) atoms. The Kier molecular flexibility index (Phi) is 6.55. The quantitative estimate of drug-likeness (QED) is 0.225. The molecular formula is C29H25BrCl2N2O6. The summed E-state index contributed by atoms with van der Waals surface area (Å²) in [6, 6.07) is 13.9. The minimum absolute atomic E-state index is 0.106. The second-order valence-electron chi connectivity index (χ2n) is 10.7. The molecule has 11 heteroatoms. The zero-order valence-electron chi connectivity index (χ0n) is 21.4. The lowest BCUT2D eigenvalue weighted by atomic mass is 9.56. The first-order valence-electron chi connectivity index (χ1n) is 12.8. The van der Waals surface area contributed by atoms with Gasteiger partial charge < -0.3 is 9.84 Å². The number of carbonyl (C=O) groups is 4. The van der Waals surface area contributed by atoms with Crippen LogP contribution in [0.4, 0.5) is 0 Å². The molecule has 1 N–H and O–H groups in total. The molecular weight excluding hydrogens is 623 g/mol. The summed E-state index contributed by atoms with van der Waals surface area (Å²) < 4.78 is 5.23. The summed E-state index contributed by atoms with van der Waals surface area (Å²) in [7, 11) is 1.46. The molecule has 4 amide bonds. The standard InChI is InChI=1S/C29H25BrCl2N2O6/c1-40-16-7-8-18(21(35)11-16)23-17-9-10-19-22(25(37)33(24(19)36)13-15-5-3-2-4-6-15)20(17)12-28(31)26(38)34(14-30)27(39)29(23,28)32/h2-9,11,19-20,22-23,35H,10,12-14H2,1H3. The number of nitrogens with zero attached hydrogens (tertiary/aromatic N) is 2. The minimum Gasteiger partial charge on any atom is -0.508 e. The number of alkyl halides is 3. The third-order valence-corrected chi connectivity index (χ3v) is 10.8. The zero-order chi connectivity index (χ0) is 28.6. The monoisotopic (exact) mass is 646 g/mol. The van der Waals surface area contributed by atoms with E-state index in [1.807, 2.05) is 36.4 Å². The summed E-state index contributed by atoms with van der Waals surface area (Å²) in [5.74, 6) is -4.89. The third kappa shape index (κ3) is 3.56. The molecule has 208 valence electrons. The van der Waals surface area contributed by atoms with Crippen molar-refractivity contribution in [3.8, 4) is 11.5 Å². The number of imide groups is 2. The predicted octanol–water partition coefficient (Wildman–Crippen LogP) is 4.31. The highest BCUT2D eigenvalue weighted by molar-refractivity contribution is 9.09. The van der Waals surface area contributed by atoms with Crippen LogP contribution in [0.1, 0.15) is 29.9 Å². The number of ether oxygens (including phenoxy) is 1. The summed E-state index contributed by atoms with van der Waals surface area (Å²) in [5.41, 5.74) is 1.60. The first kappa shape index (κ1) is 27.3. The Bertz CT molecular complexity index is 1480. The number of aromatic hydroxyl groups is 1. The Morgan fingerprint density at radius 1 is 1.00 bits per heavy atom. The Morgan fingerprint density at radius 2 is 1.73 bits per heavy atom. The Morgan fingerprint density at radius 3 is 2.38 bits per heavy atom. The molecule has 0 aromatic heterocycles. The largest absolute Gasteiger partial charge is 0.508 e. The van der Waals surface area contributed by atoms with Crippen molar-refractivity contribution in [3.63, 3.8) is 0 Å². The van der Waals surface area contributed by atoms with Crippen molar-refractivity contribution < 1.29 is 29.0 Å². The number of phenols is 1. The van der Waals surface area contributed by atoms with Crippen LogP contribution in [-0.2, 0) is 25.7 Å². The number of benzene rings is 2. The lowest BCUT2D eigenvalue weighted by Gasteiger charge is -2.50. The normalized spacial score (nSPS) is 33.0. The molecule has 6 atom stereocenters. The van der Waals surface area contributed by atoms with Crippen LogP contribution in [-0.4, -0.2) is 60.8 Å². The first-order valence-corrected chi connectivity index (χ1v) is 14.7. The van der Waals surface area contributed by atoms with E-state index >= 15 is 0 Å². The summed E-state index contributed by atoms with van der Waals surface area (Å²) in [6.07, 6.45) is 1.99. The predicted molar refractivity (Wildman–Crippen MR) is 150 cm³/mol. The van der Waals surface area contributed by atoms with Gasteiger partial charge in [-0.1, -0.05) is 64.0 Å². The van der Waals surface area contributed by atoms with Crippen LogP contribution in [0.3, 0.4) is 0 Å². The second-order valence-corrected chi connectivity index (χ2v) is 12.4. The van der Waals surface area contributed by atoms with E-state index in [1.165, 1.54) is 18.1 Å². The molecule has 2 heterocycles. The number of rotatable bonds is 5. The first-order chi connectivity index (χ1) is 19.1. The number of hydrogen-bond donors (Lipinski definition) is 1. The van der Waals surface area contributed by atoms with Crippen molar-refractivity contribution in [3.05, 3.63) is 71.3 Å². The van der Waals surface area contributed by atoms with Gasteiger partial charge in [0, 0.05) is 17.5 Å². The van der Waals surface area contributed by atoms with Crippen LogP contribution >= 0.6 is 39.1 Å². The fourth-order valence-electron chi connectivity index (χ4n) is 6.98. The Hall–Kier alpha value is -2.88. The van der Waals surface area contributed by atoms with E-state index in [0.29, 0.717) is 11.3 Å². The highest BCUT2D eigenvalue weighted by Gasteiger charge is 2.76. The second kappa shape index (κ2) is 9.60. The highest BCUT2D eigenvalue weighted by Crippen LogP contribution is 2.66. The van der Waals surface area contributed by atoms with Crippen LogP contribution < -0.4 is 4.74 Å². The molecule has 0 radical (unpaired) electrons. The molecule has 2 aromatic rings. The molecule has 4 aliphatic rings. The van der Waals surface area contributed by atoms with Gasteiger partial charge in [0.2, 0.25) is 11.8 Å². The van der Waals surface area contributed by atoms with Crippen molar-refractivity contribution >= 4 is 62.8 Å². The van der Waals surface area contributed by atoms with Gasteiger partial charge in [-0.15, -0.1) is 23.2 Å². The number of phenolic OH excluding ortho intramolecular Hbond substituents is 1. The zero-order valence-corrected chi connectivity index (χ0v) is 24.4. The lowest BCUT2D eigenvalue weighted by molar-refractivity contribution is -0.141. The fraction of sp³-hybridized carbons (Fsp3) is 0.379. The van der Waals surface area contributed by atoms with Gasteiger partial charge in [-0.25, -0.2) is 0 Å². The van der Waals surface area contributed by atoms with E-state index < -0.39 is 45.2 Å². The highest BCUT2D eigenvalue weighted by atomic mass is 79.9. The van der Waals surface area contributed by atoms with Gasteiger partial charge in [0.05, 0.1) is 30.9 Å². The molecule has 2 saturated heterocycles. The lowest BCUT2D eigenvalue weighted by Crippen LogP contribution is -2.60. The third-order valence-electron chi connectivity index (χ3n) is 8.84. The maximum atomic E-state index is 13.9. The van der Waals surface area contributed by atoms with Crippen LogP contribution in [0.25, 0.3) is 0 Å². The van der Waals surface area contributed by atoms with Crippen LogP contribution in [0, 0.1) is 17.8 Å². The van der Waals surface area contributed by atoms with Crippen molar-refractivity contribution in [2.75, 3.05) is 12.6 Å². The number of carbonyl (C=O) groups excluding carboxylic acids is 4. The molecule has 8 nitrogen and oxygen atoms in total. The number of allylic oxidation sites excluding steroid dienone is 2. The van der Waals surface area contributed by atoms with Gasteiger partial charge in [0.25, 0.3) is 11.8 Å². The topological polar surface area (TPSA) is 104 Å². The van der Waals surface area contributed by atoms with Gasteiger partial charge >= 0.3 is 0 Å². The van der Waals surface area contributed by atoms with Crippen molar-refractivity contribution in [1.29, 1.82) is 0 Å². The van der Waals surface area contributed by atoms with E-state index in [-0.39, 0.29) is 48.0 Å². The van der Waals surface area contributed by atoms with Gasteiger partial charge in [-0.2, -0.15) is 0 Å². The number of halogens is 3. The molecule has 6 rings (SSSR count). The molecule has 3 fully saturated rings. The Labute approximate surface area is 249 Å². The van der Waals surface area contributed by atoms with Crippen molar-refractivity contribution in [1.82, 2.24) is 9.80 Å². The SMILES string of the molecule is COc1ccc(C2C3=CCC4C(=O)N(Cc5ccccc5)C(=O)C4C3CC3(Cl)C(=O)N(CBr)C(=O)C23Cl)c(O)c1. The van der Waals surface area contributed by atoms with E-state index in [1.54, 1.807) is 12.1 Å². The van der Waals surface area contributed by atoms with Gasteiger partial charge in [-0.05, 0) is 30.4 Å². The van der Waals surface area contributed by atoms with E-state index in [4.69, 9.17) is 27.9 Å². The summed E-state index contributed by atoms with van der Waals surface area (Å²) in [4.78, 5) is 53.3. The maximum Gasteiger partial charge on any atom is 0.254 e. The number of likely N-dealkylation sites (tertiary alicyclic amines) is 2. The van der Waals surface area contributed by atoms with Crippen LogP contribution in [0.5, 0.6) is 11.5 Å². The molecule has 2 aliphatic carbocycles. The van der Waals surface area contributed by atoms with Crippen molar-refractivity contribution in [2.45, 2.75) is 35.1 Å². The van der Waals surface area contributed by atoms with E-state index in [2.05, 4.69) is 15.9 Å². The minimum atomic E-state index is -1.98. The number of amides is 4. The van der Waals surface area contributed by atoms with Crippen LogP contribution in [0.15, 0.2) is 60.2 Å². The summed E-state index contributed by atoms with van der Waals surface area (Å²) >= 11 is 17.6. The van der Waals surface area contributed by atoms with E-state index in [9.17, 15) is 24.3 Å². The molecule has 6 unspecified atom stereocenters. The molecule has 0 spiro atoms. The van der Waals surface area contributed by atoms with Gasteiger partial charge in [-0.3, -0.25) is 29.0 Å². The average Bonchev–Trinajstić information content (AvgIpc) is 3.27. The van der Waals surface area contributed by atoms with Crippen LogP contribution in [0.2, 0.25) is 0 Å². The van der Waals surface area contributed by atoms with Gasteiger partial charge in [0.15, 0.2) is 9.75 Å². The summed E-state index contributed by atoms with van der Waals surface area (Å²) in [6.45, 7) is 0.135. The maximum absolute atomic E-state index is 13.9. The number of methoxy groups -OCH3 is 1. The smallest absolute Gasteiger partial charge is 0.254 e. The molecule has 2 aliphatic heterocycles. The van der Waals surface area contributed by atoms with Crippen molar-refractivity contribution in [2.24, 2.45) is 17.8 Å². The Balaban J connectivity index is 1.49. The fourth-order valence-corrected chi connectivity index (χ4v) is 8.40. The average molecular weight is 648 g/mol. The molecule has 0 bridgehead atoms. The number of fused-ring (bicyclic) bond motifs is 4.